The van der Waals surface area contributed by atoms with Crippen molar-refractivity contribution >= 4 is 17.8 Å². The zero-order valence-corrected chi connectivity index (χ0v) is 6.64. The third-order valence-corrected chi connectivity index (χ3v) is 1.44. The van der Waals surface area contributed by atoms with Gasteiger partial charge in [-0.2, -0.15) is 0 Å². The number of aliphatic carboxylic acids is 2. The largest absolute Gasteiger partial charge is 0.480 e. The Morgan fingerprint density at radius 3 is 1.92 bits per heavy atom. The summed E-state index contributed by atoms with van der Waals surface area (Å²) >= 11 is 0. The first-order chi connectivity index (χ1) is 5.37. The van der Waals surface area contributed by atoms with Gasteiger partial charge in [0.05, 0.1) is 0 Å². The van der Waals surface area contributed by atoms with E-state index >= 15 is 0 Å². The first kappa shape index (κ1) is 10.4. The average Bonchev–Trinajstić information content (AvgIpc) is 2.00. The van der Waals surface area contributed by atoms with E-state index in [1.165, 1.54) is 6.92 Å². The van der Waals surface area contributed by atoms with Gasteiger partial charge in [-0.1, -0.05) is 0 Å². The van der Waals surface area contributed by atoms with Crippen molar-refractivity contribution in [3.8, 4) is 0 Å². The summed E-state index contributed by atoms with van der Waals surface area (Å²) in [7, 11) is 1.12. The van der Waals surface area contributed by atoms with Crippen LogP contribution in [0.2, 0.25) is 0 Å². The molecule has 0 aromatic rings. The first-order valence-electron chi connectivity index (χ1n) is 3.10. The predicted octanol–water partition coefficient (Wildman–Crippen LogP) is -0.997. The minimum atomic E-state index is -1.66. The van der Waals surface area contributed by atoms with Gasteiger partial charge in [0, 0.05) is 7.05 Å². The van der Waals surface area contributed by atoms with Crippen LogP contribution in [0, 0.1) is 0 Å². The van der Waals surface area contributed by atoms with Crippen LogP contribution >= 0.6 is 0 Å². The summed E-state index contributed by atoms with van der Waals surface area (Å²) in [6, 6.07) is -1.13. The molecule has 0 saturated carbocycles. The van der Waals surface area contributed by atoms with Crippen LogP contribution in [0.15, 0.2) is 0 Å². The maximum absolute atomic E-state index is 10.7. The van der Waals surface area contributed by atoms with Gasteiger partial charge in [0.15, 0.2) is 0 Å². The van der Waals surface area contributed by atoms with Crippen molar-refractivity contribution < 1.29 is 24.6 Å². The molecule has 0 saturated heterocycles. The highest BCUT2D eigenvalue weighted by Crippen LogP contribution is 1.95. The summed E-state index contributed by atoms with van der Waals surface area (Å²) in [6.07, 6.45) is 0. The zero-order valence-electron chi connectivity index (χ0n) is 6.64. The molecular formula is C6H9NO5. The van der Waals surface area contributed by atoms with E-state index in [4.69, 9.17) is 10.2 Å². The molecule has 0 bridgehead atoms. The zero-order chi connectivity index (χ0) is 9.89. The Labute approximate surface area is 68.4 Å². The fourth-order valence-corrected chi connectivity index (χ4v) is 0.492. The van der Waals surface area contributed by atoms with Crippen LogP contribution in [0.4, 0.5) is 0 Å². The van der Waals surface area contributed by atoms with Gasteiger partial charge in [-0.25, -0.2) is 9.59 Å². The summed E-state index contributed by atoms with van der Waals surface area (Å²) in [5, 5.41) is 16.6. The van der Waals surface area contributed by atoms with Crippen LogP contribution in [-0.4, -0.2) is 46.0 Å². The Hall–Kier alpha value is -1.59. The number of carboxylic acid groups (broad SMARTS) is 2. The number of carbonyl (C=O) groups is 3. The van der Waals surface area contributed by atoms with E-state index in [0.29, 0.717) is 4.90 Å². The van der Waals surface area contributed by atoms with Gasteiger partial charge in [-0.3, -0.25) is 4.79 Å². The second-order valence-electron chi connectivity index (χ2n) is 2.24. The van der Waals surface area contributed by atoms with Crippen LogP contribution in [0.3, 0.4) is 0 Å². The molecule has 1 unspecified atom stereocenters. The smallest absolute Gasteiger partial charge is 0.394 e. The van der Waals surface area contributed by atoms with E-state index in [1.54, 1.807) is 0 Å². The van der Waals surface area contributed by atoms with Crippen LogP contribution in [0.1, 0.15) is 6.92 Å². The van der Waals surface area contributed by atoms with Gasteiger partial charge in [-0.05, 0) is 6.92 Å². The number of hydrogen-bond donors (Lipinski definition) is 2. The second kappa shape index (κ2) is 3.70. The molecular weight excluding hydrogens is 166 g/mol. The van der Waals surface area contributed by atoms with Crippen molar-refractivity contribution in [1.29, 1.82) is 0 Å². The molecule has 0 aliphatic heterocycles. The molecule has 0 aliphatic rings. The Kier molecular flexibility index (Phi) is 3.21. The number of likely N-dealkylation sites (N-methyl/N-ethyl adjacent to an activating group) is 1. The van der Waals surface area contributed by atoms with Crippen molar-refractivity contribution in [2.24, 2.45) is 0 Å². The molecule has 12 heavy (non-hydrogen) atoms. The van der Waals surface area contributed by atoms with Crippen LogP contribution in [0.25, 0.3) is 0 Å². The summed E-state index contributed by atoms with van der Waals surface area (Å²) in [6.45, 7) is 1.23. The van der Waals surface area contributed by atoms with Crippen molar-refractivity contribution in [1.82, 2.24) is 4.90 Å². The van der Waals surface area contributed by atoms with E-state index in [2.05, 4.69) is 0 Å². The monoisotopic (exact) mass is 175 g/mol. The molecule has 0 aromatic carbocycles. The molecule has 0 heterocycles. The van der Waals surface area contributed by atoms with E-state index < -0.39 is 23.9 Å². The van der Waals surface area contributed by atoms with Gasteiger partial charge in [-0.15, -0.1) is 0 Å². The number of hydrogen-bond acceptors (Lipinski definition) is 3. The fourth-order valence-electron chi connectivity index (χ4n) is 0.492. The Morgan fingerprint density at radius 2 is 1.67 bits per heavy atom. The first-order valence-corrected chi connectivity index (χ1v) is 3.10. The summed E-state index contributed by atoms with van der Waals surface area (Å²) in [4.78, 5) is 31.7. The maximum atomic E-state index is 10.7. The van der Waals surface area contributed by atoms with E-state index in [0.717, 1.165) is 7.05 Å². The second-order valence-corrected chi connectivity index (χ2v) is 2.24. The Balaban J connectivity index is 4.39. The normalized spacial score (nSPS) is 11.8. The number of amides is 1. The molecule has 68 valence electrons. The lowest BCUT2D eigenvalue weighted by atomic mass is 10.3. The average molecular weight is 175 g/mol. The molecule has 0 spiro atoms. The maximum Gasteiger partial charge on any atom is 0.394 e. The van der Waals surface area contributed by atoms with Gasteiger partial charge in [0.25, 0.3) is 0 Å². The fraction of sp³-hybridized carbons (Fsp3) is 0.500. The third-order valence-electron chi connectivity index (χ3n) is 1.44. The number of rotatable bonds is 2. The van der Waals surface area contributed by atoms with E-state index in [9.17, 15) is 14.4 Å². The summed E-state index contributed by atoms with van der Waals surface area (Å²) in [5.41, 5.74) is 0. The highest BCUT2D eigenvalue weighted by molar-refractivity contribution is 6.31. The van der Waals surface area contributed by atoms with E-state index in [-0.39, 0.29) is 0 Å². The lowest BCUT2D eigenvalue weighted by molar-refractivity contribution is -0.159. The molecule has 2 N–H and O–H groups in total. The predicted molar refractivity (Wildman–Crippen MR) is 37.5 cm³/mol. The van der Waals surface area contributed by atoms with Crippen LogP contribution in [-0.2, 0) is 14.4 Å². The van der Waals surface area contributed by atoms with Crippen molar-refractivity contribution in [2.75, 3.05) is 7.05 Å². The SMILES string of the molecule is CC(C(=O)O)N(C)C(=O)C(=O)O. The quantitative estimate of drug-likeness (QED) is 0.525. The van der Waals surface area contributed by atoms with Crippen molar-refractivity contribution in [3.05, 3.63) is 0 Å². The number of carbonyl (C=O) groups excluding carboxylic acids is 1. The van der Waals surface area contributed by atoms with Gasteiger partial charge >= 0.3 is 17.8 Å². The Morgan fingerprint density at radius 1 is 1.25 bits per heavy atom. The van der Waals surface area contributed by atoms with Crippen molar-refractivity contribution in [2.45, 2.75) is 13.0 Å². The Bertz CT molecular complexity index is 224. The van der Waals surface area contributed by atoms with Gasteiger partial charge in [0.1, 0.15) is 6.04 Å². The number of carboxylic acids is 2. The van der Waals surface area contributed by atoms with E-state index in [1.807, 2.05) is 0 Å². The summed E-state index contributed by atoms with van der Waals surface area (Å²) < 4.78 is 0. The molecule has 0 aliphatic carbocycles. The van der Waals surface area contributed by atoms with Gasteiger partial charge < -0.3 is 15.1 Å². The molecule has 1 atom stereocenters. The van der Waals surface area contributed by atoms with Crippen LogP contribution in [0.5, 0.6) is 0 Å². The lowest BCUT2D eigenvalue weighted by Gasteiger charge is -2.18. The highest BCUT2D eigenvalue weighted by Gasteiger charge is 2.25. The third kappa shape index (κ3) is 2.22. The minimum Gasteiger partial charge on any atom is -0.480 e. The van der Waals surface area contributed by atoms with Gasteiger partial charge in [0.2, 0.25) is 0 Å². The van der Waals surface area contributed by atoms with Crippen molar-refractivity contribution in [3.63, 3.8) is 0 Å². The molecule has 0 rings (SSSR count). The molecule has 0 radical (unpaired) electrons. The summed E-state index contributed by atoms with van der Waals surface area (Å²) in [5.74, 6) is -4.14. The van der Waals surface area contributed by atoms with Crippen LogP contribution < -0.4 is 0 Å². The molecule has 1 amide bonds. The molecule has 6 nitrogen and oxygen atoms in total. The molecule has 0 fully saturated rings. The molecule has 6 heteroatoms. The minimum absolute atomic E-state index is 0.644. The standard InChI is InChI=1S/C6H9NO5/c1-3(5(9)10)7(2)4(8)6(11)12/h3H,1-2H3,(H,9,10)(H,11,12). The molecule has 0 aromatic heterocycles. The topological polar surface area (TPSA) is 94.9 Å². The lowest BCUT2D eigenvalue weighted by Crippen LogP contribution is -2.43. The highest BCUT2D eigenvalue weighted by atomic mass is 16.4. The number of nitrogens with zero attached hydrogens (tertiary/aromatic N) is 1.